The smallest absolute Gasteiger partial charge is 0.339 e. The van der Waals surface area contributed by atoms with Crippen LogP contribution in [0.4, 0.5) is 10.5 Å². The molecule has 2 aromatic rings. The number of hydrogen-bond acceptors (Lipinski definition) is 8. The lowest BCUT2D eigenvalue weighted by Crippen LogP contribution is -2.44. The van der Waals surface area contributed by atoms with E-state index in [1.54, 1.807) is 11.8 Å². The zero-order chi connectivity index (χ0) is 22.8. The predicted molar refractivity (Wildman–Crippen MR) is 114 cm³/mol. The third-order valence-electron chi connectivity index (χ3n) is 4.71. The lowest BCUT2D eigenvalue weighted by atomic mass is 10.1. The fourth-order valence-electron chi connectivity index (χ4n) is 3.28. The van der Waals surface area contributed by atoms with Gasteiger partial charge in [0.2, 0.25) is 0 Å². The number of carbonyl (C=O) groups is 2. The van der Waals surface area contributed by atoms with Crippen molar-refractivity contribution in [1.29, 1.82) is 5.26 Å². The minimum atomic E-state index is -4.05. The number of rotatable bonds is 4. The van der Waals surface area contributed by atoms with Crippen molar-refractivity contribution in [2.24, 2.45) is 0 Å². The largest absolute Gasteiger partial charge is 0.478 e. The second-order valence-electron chi connectivity index (χ2n) is 6.69. The van der Waals surface area contributed by atoms with Gasteiger partial charge in [-0.1, -0.05) is 11.6 Å². The molecule has 13 heteroatoms. The first-order valence-corrected chi connectivity index (χ1v) is 11.8. The number of anilines is 1. The number of nitrogens with one attached hydrogen (secondary N) is 1. The molecule has 10 nitrogen and oxygen atoms in total. The summed E-state index contributed by atoms with van der Waals surface area (Å²) in [5.41, 5.74) is 0.596. The van der Waals surface area contributed by atoms with Crippen LogP contribution in [0.5, 0.6) is 0 Å². The zero-order valence-electron chi connectivity index (χ0n) is 16.3. The lowest BCUT2D eigenvalue weighted by molar-refractivity contribution is 0.0696. The summed E-state index contributed by atoms with van der Waals surface area (Å²) in [6.45, 7) is 2.55. The number of carboxylic acid groups (broad SMARTS) is 1. The fraction of sp³-hybridized carbons (Fsp3) is 0.333. The monoisotopic (exact) mass is 483 g/mol. The van der Waals surface area contributed by atoms with Gasteiger partial charge in [-0.25, -0.2) is 22.7 Å². The standard InChI is InChI=1S/C18H18ClN5O5S2/c1-11-15(17(25)26)16(12(9-20)10-21-11)23-5-2-6-24(8-7-23)18(27)22-31(28,29)14-4-3-13(19)30-14/h3-4,10H,2,5-8H2,1H3,(H,22,27)(H,25,26). The molecule has 0 aliphatic carbocycles. The third-order valence-corrected chi connectivity index (χ3v) is 7.75. The number of thiophene rings is 1. The van der Waals surface area contributed by atoms with Crippen molar-refractivity contribution in [3.63, 3.8) is 0 Å². The summed E-state index contributed by atoms with van der Waals surface area (Å²) in [6.07, 6.45) is 1.77. The minimum absolute atomic E-state index is 0.0610. The van der Waals surface area contributed by atoms with Gasteiger partial charge in [-0.3, -0.25) is 4.98 Å². The number of urea groups is 1. The number of aryl methyl sites for hydroxylation is 1. The van der Waals surface area contributed by atoms with Gasteiger partial charge in [0.05, 0.1) is 21.3 Å². The van der Waals surface area contributed by atoms with E-state index in [9.17, 15) is 28.4 Å². The van der Waals surface area contributed by atoms with Crippen molar-refractivity contribution < 1.29 is 23.1 Å². The Bertz CT molecular complexity index is 1170. The summed E-state index contributed by atoms with van der Waals surface area (Å²) in [7, 11) is -4.05. The molecule has 0 aromatic carbocycles. The van der Waals surface area contributed by atoms with Crippen molar-refractivity contribution in [3.05, 3.63) is 39.5 Å². The highest BCUT2D eigenvalue weighted by molar-refractivity contribution is 7.92. The molecule has 2 aromatic heterocycles. The first-order valence-electron chi connectivity index (χ1n) is 9.09. The maximum atomic E-state index is 12.6. The summed E-state index contributed by atoms with van der Waals surface area (Å²) < 4.78 is 27.0. The molecule has 0 atom stereocenters. The van der Waals surface area contributed by atoms with Gasteiger partial charge >= 0.3 is 12.0 Å². The van der Waals surface area contributed by atoms with Crippen LogP contribution in [0.1, 0.15) is 28.0 Å². The third kappa shape index (κ3) is 4.90. The van der Waals surface area contributed by atoms with Gasteiger partial charge < -0.3 is 14.9 Å². The highest BCUT2D eigenvalue weighted by atomic mass is 35.5. The summed E-state index contributed by atoms with van der Waals surface area (Å²) in [4.78, 5) is 31.4. The number of carbonyl (C=O) groups excluding carboxylic acids is 1. The maximum Gasteiger partial charge on any atom is 0.339 e. The second-order valence-corrected chi connectivity index (χ2v) is 10.3. The molecular weight excluding hydrogens is 466 g/mol. The van der Waals surface area contributed by atoms with Gasteiger partial charge in [-0.2, -0.15) is 5.26 Å². The molecule has 1 aliphatic heterocycles. The molecule has 0 unspecified atom stereocenters. The predicted octanol–water partition coefficient (Wildman–Crippen LogP) is 2.29. The quantitative estimate of drug-likeness (QED) is 0.673. The molecule has 0 saturated carbocycles. The Hall–Kier alpha value is -2.88. The first-order chi connectivity index (χ1) is 14.6. The van der Waals surface area contributed by atoms with E-state index in [0.29, 0.717) is 13.0 Å². The number of aromatic nitrogens is 1. The molecule has 2 amide bonds. The van der Waals surface area contributed by atoms with Gasteiger partial charge in [0.1, 0.15) is 15.8 Å². The summed E-state index contributed by atoms with van der Waals surface area (Å²) in [6, 6.07) is 3.93. The highest BCUT2D eigenvalue weighted by Crippen LogP contribution is 2.28. The van der Waals surface area contributed by atoms with Gasteiger partial charge in [0.15, 0.2) is 0 Å². The van der Waals surface area contributed by atoms with Crippen LogP contribution in [0.2, 0.25) is 4.34 Å². The van der Waals surface area contributed by atoms with Gasteiger partial charge in [0.25, 0.3) is 10.0 Å². The SMILES string of the molecule is Cc1ncc(C#N)c(N2CCCN(C(=O)NS(=O)(=O)c3ccc(Cl)s3)CC2)c1C(=O)O. The second kappa shape index (κ2) is 9.09. The van der Waals surface area contributed by atoms with Crippen LogP contribution in [0.25, 0.3) is 0 Å². The average Bonchev–Trinajstić information content (AvgIpc) is 3.00. The molecule has 1 fully saturated rings. The van der Waals surface area contributed by atoms with Crippen LogP contribution >= 0.6 is 22.9 Å². The van der Waals surface area contributed by atoms with E-state index in [1.165, 1.54) is 23.2 Å². The Kier molecular flexibility index (Phi) is 6.68. The van der Waals surface area contributed by atoms with Crippen LogP contribution in [-0.2, 0) is 10.0 Å². The molecule has 0 radical (unpaired) electrons. The van der Waals surface area contributed by atoms with Crippen LogP contribution in [-0.4, -0.2) is 61.6 Å². The Morgan fingerprint density at radius 1 is 1.29 bits per heavy atom. The number of sulfonamides is 1. The molecule has 164 valence electrons. The molecule has 2 N–H and O–H groups in total. The molecule has 1 aliphatic rings. The first kappa shape index (κ1) is 22.8. The van der Waals surface area contributed by atoms with E-state index in [1.807, 2.05) is 10.8 Å². The number of nitrogens with zero attached hydrogens (tertiary/aromatic N) is 4. The Labute approximate surface area is 187 Å². The van der Waals surface area contributed by atoms with Crippen LogP contribution in [0, 0.1) is 18.3 Å². The normalized spacial score (nSPS) is 14.6. The van der Waals surface area contributed by atoms with Crippen LogP contribution in [0.15, 0.2) is 22.5 Å². The van der Waals surface area contributed by atoms with Crippen LogP contribution in [0.3, 0.4) is 0 Å². The Morgan fingerprint density at radius 3 is 2.65 bits per heavy atom. The molecular formula is C18H18ClN5O5S2. The number of amides is 2. The van der Waals surface area contributed by atoms with Crippen molar-refractivity contribution in [2.45, 2.75) is 17.6 Å². The van der Waals surface area contributed by atoms with E-state index < -0.39 is 22.0 Å². The minimum Gasteiger partial charge on any atom is -0.478 e. The number of carboxylic acids is 1. The van der Waals surface area contributed by atoms with Crippen molar-refractivity contribution in [1.82, 2.24) is 14.6 Å². The summed E-state index contributed by atoms with van der Waals surface area (Å²) >= 11 is 6.61. The summed E-state index contributed by atoms with van der Waals surface area (Å²) in [5, 5.41) is 19.1. The summed E-state index contributed by atoms with van der Waals surface area (Å²) in [5.74, 6) is -1.20. The van der Waals surface area contributed by atoms with E-state index in [2.05, 4.69) is 4.98 Å². The molecule has 3 rings (SSSR count). The van der Waals surface area contributed by atoms with Gasteiger partial charge in [-0.15, -0.1) is 11.3 Å². The van der Waals surface area contributed by atoms with Gasteiger partial charge in [0, 0.05) is 32.4 Å². The zero-order valence-corrected chi connectivity index (χ0v) is 18.7. The fourth-order valence-corrected chi connectivity index (χ4v) is 5.73. The van der Waals surface area contributed by atoms with E-state index in [-0.39, 0.29) is 50.7 Å². The van der Waals surface area contributed by atoms with Crippen molar-refractivity contribution in [3.8, 4) is 6.07 Å². The van der Waals surface area contributed by atoms with Gasteiger partial charge in [-0.05, 0) is 25.5 Å². The number of pyridine rings is 1. The number of hydrogen-bond donors (Lipinski definition) is 2. The molecule has 1 saturated heterocycles. The molecule has 0 bridgehead atoms. The van der Waals surface area contributed by atoms with Crippen molar-refractivity contribution in [2.75, 3.05) is 31.1 Å². The average molecular weight is 484 g/mol. The maximum absolute atomic E-state index is 12.6. The Balaban J connectivity index is 1.79. The van der Waals surface area contributed by atoms with Crippen molar-refractivity contribution >= 4 is 50.6 Å². The lowest BCUT2D eigenvalue weighted by Gasteiger charge is -2.26. The molecule has 3 heterocycles. The van der Waals surface area contributed by atoms with Crippen LogP contribution < -0.4 is 9.62 Å². The molecule has 0 spiro atoms. The van der Waals surface area contributed by atoms with E-state index in [4.69, 9.17) is 11.6 Å². The van der Waals surface area contributed by atoms with E-state index in [0.717, 1.165) is 11.3 Å². The highest BCUT2D eigenvalue weighted by Gasteiger charge is 2.28. The molecule has 31 heavy (non-hydrogen) atoms. The Morgan fingerprint density at radius 2 is 2.03 bits per heavy atom. The van der Waals surface area contributed by atoms with E-state index >= 15 is 0 Å². The number of halogens is 1. The number of nitriles is 1. The number of aromatic carboxylic acids is 1. The topological polar surface area (TPSA) is 144 Å².